The zero-order valence-corrected chi connectivity index (χ0v) is 12.7. The Morgan fingerprint density at radius 1 is 1.38 bits per heavy atom. The first-order chi connectivity index (χ1) is 10.2. The minimum Gasteiger partial charge on any atom is -0.388 e. The molecule has 0 radical (unpaired) electrons. The van der Waals surface area contributed by atoms with Gasteiger partial charge in [-0.1, -0.05) is 24.3 Å². The van der Waals surface area contributed by atoms with E-state index in [4.69, 9.17) is 0 Å². The summed E-state index contributed by atoms with van der Waals surface area (Å²) in [7, 11) is 1.92. The number of hydrogen-bond donors (Lipinski definition) is 2. The normalized spacial score (nSPS) is 22.2. The van der Waals surface area contributed by atoms with Crippen LogP contribution in [0.2, 0.25) is 0 Å². The van der Waals surface area contributed by atoms with Gasteiger partial charge in [0.2, 0.25) is 0 Å². The van der Waals surface area contributed by atoms with E-state index in [1.165, 1.54) is 6.42 Å². The molecule has 1 saturated heterocycles. The molecule has 2 heterocycles. The lowest BCUT2D eigenvalue weighted by Crippen LogP contribution is -2.37. The highest BCUT2D eigenvalue weighted by Gasteiger charge is 2.19. The van der Waals surface area contributed by atoms with E-state index in [0.29, 0.717) is 5.92 Å². The van der Waals surface area contributed by atoms with E-state index in [1.807, 2.05) is 30.1 Å². The SMILES string of the molecule is CNc1cccc(-c2cn(CC3CNCC(C)C3)nn2)c1. The molecule has 112 valence electrons. The van der Waals surface area contributed by atoms with Gasteiger partial charge < -0.3 is 10.6 Å². The van der Waals surface area contributed by atoms with Crippen LogP contribution in [-0.2, 0) is 6.54 Å². The quantitative estimate of drug-likeness (QED) is 0.904. The van der Waals surface area contributed by atoms with Crippen LogP contribution in [0, 0.1) is 11.8 Å². The van der Waals surface area contributed by atoms with Gasteiger partial charge in [-0.3, -0.25) is 4.68 Å². The highest BCUT2D eigenvalue weighted by molar-refractivity contribution is 5.63. The van der Waals surface area contributed by atoms with Gasteiger partial charge in [-0.2, -0.15) is 0 Å². The smallest absolute Gasteiger partial charge is 0.113 e. The monoisotopic (exact) mass is 285 g/mol. The molecule has 1 aliphatic heterocycles. The summed E-state index contributed by atoms with van der Waals surface area (Å²) in [4.78, 5) is 0. The Morgan fingerprint density at radius 2 is 2.29 bits per heavy atom. The van der Waals surface area contributed by atoms with Crippen molar-refractivity contribution < 1.29 is 0 Å². The Kier molecular flexibility index (Phi) is 4.20. The zero-order valence-electron chi connectivity index (χ0n) is 12.7. The Balaban J connectivity index is 1.70. The Labute approximate surface area is 125 Å². The predicted molar refractivity (Wildman–Crippen MR) is 85.1 cm³/mol. The maximum absolute atomic E-state index is 4.31. The van der Waals surface area contributed by atoms with Crippen LogP contribution in [0.5, 0.6) is 0 Å². The molecule has 2 unspecified atom stereocenters. The molecule has 2 aromatic rings. The molecule has 0 saturated carbocycles. The molecule has 1 aromatic carbocycles. The first kappa shape index (κ1) is 14.1. The molecule has 21 heavy (non-hydrogen) atoms. The molecule has 5 nitrogen and oxygen atoms in total. The average Bonchev–Trinajstić information content (AvgIpc) is 2.96. The minimum absolute atomic E-state index is 0.645. The molecule has 0 spiro atoms. The van der Waals surface area contributed by atoms with Crippen molar-refractivity contribution in [2.24, 2.45) is 11.8 Å². The average molecular weight is 285 g/mol. The number of aromatic nitrogens is 3. The van der Waals surface area contributed by atoms with Gasteiger partial charge in [0.25, 0.3) is 0 Å². The lowest BCUT2D eigenvalue weighted by atomic mass is 9.92. The third-order valence-corrected chi connectivity index (χ3v) is 4.09. The zero-order chi connectivity index (χ0) is 14.7. The summed E-state index contributed by atoms with van der Waals surface area (Å²) in [6, 6.07) is 8.24. The fourth-order valence-electron chi connectivity index (χ4n) is 3.03. The van der Waals surface area contributed by atoms with Crippen molar-refractivity contribution in [1.82, 2.24) is 20.3 Å². The van der Waals surface area contributed by atoms with Gasteiger partial charge in [-0.25, -0.2) is 0 Å². The van der Waals surface area contributed by atoms with Gasteiger partial charge in [0.05, 0.1) is 6.20 Å². The van der Waals surface area contributed by atoms with Crippen LogP contribution in [0.3, 0.4) is 0 Å². The molecule has 1 aliphatic rings. The van der Waals surface area contributed by atoms with Crippen molar-refractivity contribution in [1.29, 1.82) is 0 Å². The first-order valence-electron chi connectivity index (χ1n) is 7.63. The second kappa shape index (κ2) is 6.26. The van der Waals surface area contributed by atoms with Crippen LogP contribution in [0.15, 0.2) is 30.5 Å². The Morgan fingerprint density at radius 3 is 3.10 bits per heavy atom. The van der Waals surface area contributed by atoms with Crippen molar-refractivity contribution in [3.63, 3.8) is 0 Å². The summed E-state index contributed by atoms with van der Waals surface area (Å²) in [5.41, 5.74) is 3.12. The van der Waals surface area contributed by atoms with Crippen molar-refractivity contribution in [3.05, 3.63) is 30.5 Å². The maximum Gasteiger partial charge on any atom is 0.113 e. The first-order valence-corrected chi connectivity index (χ1v) is 7.63. The molecule has 2 N–H and O–H groups in total. The molecular formula is C16H23N5. The summed E-state index contributed by atoms with van der Waals surface area (Å²) in [5.74, 6) is 1.39. The van der Waals surface area contributed by atoms with Gasteiger partial charge in [0.15, 0.2) is 0 Å². The predicted octanol–water partition coefficient (Wildman–Crippen LogP) is 2.23. The number of anilines is 1. The summed E-state index contributed by atoms with van der Waals surface area (Å²) in [6.45, 7) is 5.45. The lowest BCUT2D eigenvalue weighted by Gasteiger charge is -2.27. The summed E-state index contributed by atoms with van der Waals surface area (Å²) in [5, 5.41) is 15.2. The van der Waals surface area contributed by atoms with Crippen molar-refractivity contribution in [2.75, 3.05) is 25.5 Å². The topological polar surface area (TPSA) is 54.8 Å². The van der Waals surface area contributed by atoms with E-state index in [0.717, 1.165) is 42.5 Å². The third kappa shape index (κ3) is 3.42. The van der Waals surface area contributed by atoms with Gasteiger partial charge in [0, 0.05) is 24.8 Å². The van der Waals surface area contributed by atoms with E-state index in [-0.39, 0.29) is 0 Å². The van der Waals surface area contributed by atoms with Crippen LogP contribution in [0.4, 0.5) is 5.69 Å². The molecule has 5 heteroatoms. The van der Waals surface area contributed by atoms with Crippen LogP contribution >= 0.6 is 0 Å². The number of nitrogens with one attached hydrogen (secondary N) is 2. The Hall–Kier alpha value is -1.88. The van der Waals surface area contributed by atoms with E-state index in [1.54, 1.807) is 0 Å². The van der Waals surface area contributed by atoms with E-state index >= 15 is 0 Å². The third-order valence-electron chi connectivity index (χ3n) is 4.09. The minimum atomic E-state index is 0.645. The maximum atomic E-state index is 4.31. The van der Waals surface area contributed by atoms with Crippen LogP contribution in [0.25, 0.3) is 11.3 Å². The second-order valence-corrected chi connectivity index (χ2v) is 6.02. The molecule has 1 aromatic heterocycles. The standard InChI is InChI=1S/C16H23N5/c1-12-6-13(9-18-8-12)10-21-11-16(19-20-21)14-4-3-5-15(7-14)17-2/h3-5,7,11-13,17-18H,6,8-10H2,1-2H3. The molecule has 1 fully saturated rings. The summed E-state index contributed by atoms with van der Waals surface area (Å²) in [6.07, 6.45) is 3.31. The molecule has 0 amide bonds. The molecular weight excluding hydrogens is 262 g/mol. The largest absolute Gasteiger partial charge is 0.388 e. The molecule has 3 rings (SSSR count). The van der Waals surface area contributed by atoms with Gasteiger partial charge in [-0.15, -0.1) is 5.10 Å². The molecule has 0 bridgehead atoms. The Bertz CT molecular complexity index is 592. The summed E-state index contributed by atoms with van der Waals surface area (Å²) < 4.78 is 1.98. The van der Waals surface area contributed by atoms with Crippen molar-refractivity contribution in [3.8, 4) is 11.3 Å². The lowest BCUT2D eigenvalue weighted by molar-refractivity contribution is 0.266. The fraction of sp³-hybridized carbons (Fsp3) is 0.500. The van der Waals surface area contributed by atoms with E-state index in [2.05, 4.69) is 40.0 Å². The number of piperidine rings is 1. The van der Waals surface area contributed by atoms with E-state index < -0.39 is 0 Å². The van der Waals surface area contributed by atoms with Gasteiger partial charge in [0.1, 0.15) is 5.69 Å². The number of benzene rings is 1. The highest BCUT2D eigenvalue weighted by atomic mass is 15.4. The molecule has 2 atom stereocenters. The van der Waals surface area contributed by atoms with Gasteiger partial charge in [-0.05, 0) is 43.5 Å². The van der Waals surface area contributed by atoms with Crippen LogP contribution in [0.1, 0.15) is 13.3 Å². The number of rotatable bonds is 4. The number of nitrogens with zero attached hydrogens (tertiary/aromatic N) is 3. The second-order valence-electron chi connectivity index (χ2n) is 6.02. The van der Waals surface area contributed by atoms with Crippen molar-refractivity contribution >= 4 is 5.69 Å². The summed E-state index contributed by atoms with van der Waals surface area (Å²) >= 11 is 0. The van der Waals surface area contributed by atoms with Gasteiger partial charge >= 0.3 is 0 Å². The fourth-order valence-corrected chi connectivity index (χ4v) is 3.03. The molecule has 0 aliphatic carbocycles. The van der Waals surface area contributed by atoms with Crippen LogP contribution < -0.4 is 10.6 Å². The number of hydrogen-bond acceptors (Lipinski definition) is 4. The van der Waals surface area contributed by atoms with Crippen LogP contribution in [-0.4, -0.2) is 35.1 Å². The van der Waals surface area contributed by atoms with Crippen molar-refractivity contribution in [2.45, 2.75) is 19.9 Å². The highest BCUT2D eigenvalue weighted by Crippen LogP contribution is 2.21. The van der Waals surface area contributed by atoms with E-state index in [9.17, 15) is 0 Å².